The van der Waals surface area contributed by atoms with Crippen LogP contribution in [0.2, 0.25) is 0 Å². The van der Waals surface area contributed by atoms with Gasteiger partial charge in [0.1, 0.15) is 25.4 Å². The average Bonchev–Trinajstić information content (AvgIpc) is 1.88. The van der Waals surface area contributed by atoms with Crippen molar-refractivity contribution in [1.82, 2.24) is 0 Å². The maximum atomic E-state index is 11.4. The van der Waals surface area contributed by atoms with Gasteiger partial charge < -0.3 is 56.8 Å². The monoisotopic (exact) mass is 1630 g/mol. The summed E-state index contributed by atoms with van der Waals surface area (Å²) in [6.07, 6.45) is 9.37. The van der Waals surface area contributed by atoms with Crippen molar-refractivity contribution in [2.45, 2.75) is 341 Å². The number of carbonyl (C=O) groups is 5. The van der Waals surface area contributed by atoms with Crippen LogP contribution in [0.3, 0.4) is 0 Å². The Morgan fingerprint density at radius 3 is 0.983 bits per heavy atom. The minimum absolute atomic E-state index is 0.0737. The number of allylic oxidation sites excluding steroid dienone is 8. The van der Waals surface area contributed by atoms with Crippen molar-refractivity contribution >= 4 is 29.8 Å². The minimum Gasteiger partial charge on any atom is -0.501 e. The zero-order valence-electron chi connectivity index (χ0n) is 82.7. The van der Waals surface area contributed by atoms with Gasteiger partial charge in [0.05, 0.1) is 120 Å². The molecule has 0 unspecified atom stereocenters. The van der Waals surface area contributed by atoms with E-state index in [1.54, 1.807) is 13.2 Å². The fourth-order valence-electron chi connectivity index (χ4n) is 5.39. The molecule has 115 heavy (non-hydrogen) atoms. The smallest absolute Gasteiger partial charge is 0.311 e. The first-order valence-corrected chi connectivity index (χ1v) is 40.8. The lowest BCUT2D eigenvalue weighted by Gasteiger charge is -2.25. The number of rotatable bonds is 24. The molecule has 0 radical (unpaired) electrons. The maximum Gasteiger partial charge on any atom is 0.311 e. The summed E-state index contributed by atoms with van der Waals surface area (Å²) in [5, 5.41) is 0. The van der Waals surface area contributed by atoms with Gasteiger partial charge in [0.25, 0.3) is 0 Å². The van der Waals surface area contributed by atoms with E-state index < -0.39 is 16.2 Å². The molecule has 0 saturated heterocycles. The summed E-state index contributed by atoms with van der Waals surface area (Å²) in [5.41, 5.74) is 0.365. The molecule has 0 aromatic heterocycles. The van der Waals surface area contributed by atoms with Crippen molar-refractivity contribution in [2.24, 2.45) is 54.7 Å². The third-order valence-electron chi connectivity index (χ3n) is 13.3. The Hall–Kier alpha value is -7.17. The number of methoxy groups -OCH3 is 1. The Kier molecular flexibility index (Phi) is 74.7. The van der Waals surface area contributed by atoms with Gasteiger partial charge in [-0.15, -0.1) is 0 Å². The van der Waals surface area contributed by atoms with Crippen molar-refractivity contribution in [3.63, 3.8) is 0 Å². The summed E-state index contributed by atoms with van der Waals surface area (Å²) in [7, 11) is 1.65. The molecule has 1 aliphatic rings. The lowest BCUT2D eigenvalue weighted by Crippen LogP contribution is -2.31. The van der Waals surface area contributed by atoms with Crippen molar-refractivity contribution in [3.8, 4) is 0 Å². The van der Waals surface area contributed by atoms with Crippen LogP contribution < -0.4 is 0 Å². The number of ether oxygens (including phenoxy) is 12. The van der Waals surface area contributed by atoms with Crippen molar-refractivity contribution in [2.75, 3.05) is 60.0 Å². The van der Waals surface area contributed by atoms with Gasteiger partial charge in [0.2, 0.25) is 0 Å². The Bertz CT molecular complexity index is 2810. The van der Waals surface area contributed by atoms with Crippen LogP contribution in [0.1, 0.15) is 328 Å². The lowest BCUT2D eigenvalue weighted by atomic mass is 9.95. The van der Waals surface area contributed by atoms with Crippen LogP contribution in [0.5, 0.6) is 0 Å². The Morgan fingerprint density at radius 2 is 0.748 bits per heavy atom. The molecule has 1 aromatic rings. The van der Waals surface area contributed by atoms with Crippen molar-refractivity contribution < 1.29 is 80.8 Å². The highest BCUT2D eigenvalue weighted by Crippen LogP contribution is 2.31. The van der Waals surface area contributed by atoms with E-state index in [2.05, 4.69) is 150 Å². The summed E-state index contributed by atoms with van der Waals surface area (Å²) in [4.78, 5) is 55.9. The fourth-order valence-corrected chi connectivity index (χ4v) is 5.39. The third-order valence-corrected chi connectivity index (χ3v) is 13.3. The molecule has 676 valence electrons. The zero-order chi connectivity index (χ0) is 93.6. The highest BCUT2D eigenvalue weighted by molar-refractivity contribution is 5.77. The Morgan fingerprint density at radius 1 is 0.400 bits per heavy atom. The van der Waals surface area contributed by atoms with E-state index >= 15 is 0 Å². The number of esters is 5. The first-order chi connectivity index (χ1) is 51.5. The third kappa shape index (κ3) is 103. The van der Waals surface area contributed by atoms with E-state index in [0.29, 0.717) is 39.0 Å². The second kappa shape index (κ2) is 66.8. The second-order valence-corrected chi connectivity index (χ2v) is 38.1. The van der Waals surface area contributed by atoms with E-state index in [1.807, 2.05) is 230 Å². The Balaban J connectivity index is -0.000000132. The molecule has 0 N–H and O–H groups in total. The number of unbranched alkanes of at least 4 members (excludes halogenated alkanes) is 1. The largest absolute Gasteiger partial charge is 0.501 e. The normalized spacial score (nSPS) is 11.4. The Labute approximate surface area is 709 Å². The van der Waals surface area contributed by atoms with Crippen LogP contribution in [-0.4, -0.2) is 102 Å². The summed E-state index contributed by atoms with van der Waals surface area (Å²) in [5.74, 6) is 5.78. The minimum atomic E-state index is -0.422. The van der Waals surface area contributed by atoms with Gasteiger partial charge in [-0.05, 0) is 237 Å². The van der Waals surface area contributed by atoms with Gasteiger partial charge in [0, 0.05) is 21.7 Å². The molecule has 2 rings (SSSR count). The van der Waals surface area contributed by atoms with Crippen LogP contribution in [0.4, 0.5) is 0 Å². The molecule has 17 heteroatoms. The molecule has 0 spiro atoms. The standard InChI is InChI=1S/C12H16O2.C9H16O2.2C9H18O2.2C9H18O.C8H14O2.C8H14O.C8H16O.C7H14O.2C5H10O/c1-12(2,3)11(13)14-9-10-7-5-4-6-8-10;1-9(2,3)8(10)11-6-7-4-5-7;1-8(2,3)7(10)11-9(4,5)6;1-5-6-7-11-8(10)9(2,3)4;1-7(2)10-8(3)9(4,5)6;1-6-7-10-8(2)9(3,4)5;1-5-6-10-7(9)8(2,3)4;1-7(2)5-6-9-8(3)4;1-6-9-7(2)8(3,4)5;1-6(8-5)7(2,3)4;2*1-4-6-5(2)3/h4-8H,9H2,1-3H3;7H,4-6H2,1-3H3;1-6H3;5-7H2,1-4H3;7H,3H2,1-2,4-6H3;2,6-7H2,1,3-5H3;5H,1,6H2,2-4H3;5H,3,6H2,1-2,4H3;2,6H2,1,3-5H3;1H2,2-5H3;2*2,4H2,1,3H3. The first-order valence-electron chi connectivity index (χ1n) is 40.8. The summed E-state index contributed by atoms with van der Waals surface area (Å²) >= 11 is 0. The van der Waals surface area contributed by atoms with E-state index in [9.17, 15) is 24.0 Å². The topological polar surface area (TPSA) is 196 Å². The molecule has 0 atom stereocenters. The molecular formula is C98H182O17. The van der Waals surface area contributed by atoms with Crippen LogP contribution >= 0.6 is 0 Å². The van der Waals surface area contributed by atoms with Gasteiger partial charge in [-0.3, -0.25) is 24.0 Å². The van der Waals surface area contributed by atoms with Gasteiger partial charge in [-0.25, -0.2) is 0 Å². The molecule has 0 aliphatic heterocycles. The van der Waals surface area contributed by atoms with Crippen LogP contribution in [-0.2, 0) is 87.4 Å². The summed E-state index contributed by atoms with van der Waals surface area (Å²) in [6.45, 7) is 117. The maximum absolute atomic E-state index is 11.4. The number of hydrogen-bond donors (Lipinski definition) is 0. The SMILES string of the molecule is C=C(C)OCC.C=C(C)OCC.C=C(C)OCC=C(C)C.C=C(OC(C)C)C(C)(C)C.C=C(OC)C(C)(C)C.C=C(OCC)C(C)(C)C.C=C(OCCC)C(C)(C)C.C=CCOC(=O)C(C)(C)C.CC(C)(C)C(=O)OCC1CC1.CC(C)(C)C(=O)OCc1ccccc1.CC(C)(C)OC(=O)C(C)(C)C.CCCCOC(=O)C(C)(C)C. The van der Waals surface area contributed by atoms with E-state index in [4.69, 9.17) is 56.8 Å². The molecule has 1 saturated carbocycles. The molecule has 0 amide bonds. The lowest BCUT2D eigenvalue weighted by molar-refractivity contribution is -0.164. The summed E-state index contributed by atoms with van der Waals surface area (Å²) < 4.78 is 60.9. The van der Waals surface area contributed by atoms with E-state index in [1.165, 1.54) is 18.4 Å². The van der Waals surface area contributed by atoms with Crippen LogP contribution in [0, 0.1) is 54.7 Å². The van der Waals surface area contributed by atoms with Crippen LogP contribution in [0.15, 0.2) is 141 Å². The molecule has 0 bridgehead atoms. The van der Waals surface area contributed by atoms with Gasteiger partial charge in [0.15, 0.2) is 0 Å². The number of benzene rings is 1. The fraction of sp³-hybridized carbons (Fsp3) is 0.704. The molecule has 1 aliphatic carbocycles. The van der Waals surface area contributed by atoms with Crippen LogP contribution in [0.25, 0.3) is 0 Å². The number of carbonyl (C=O) groups excluding carboxylic acids is 5. The molecule has 0 heterocycles. The zero-order valence-corrected chi connectivity index (χ0v) is 82.7. The predicted molar refractivity (Wildman–Crippen MR) is 489 cm³/mol. The molecular weight excluding hydrogens is 1450 g/mol. The van der Waals surface area contributed by atoms with E-state index in [0.717, 1.165) is 91.6 Å². The second-order valence-electron chi connectivity index (χ2n) is 38.1. The quantitative estimate of drug-likeness (QED) is 0.0311. The molecule has 17 nitrogen and oxygen atoms in total. The van der Waals surface area contributed by atoms with Crippen molar-refractivity contribution in [1.29, 1.82) is 0 Å². The molecule has 1 fully saturated rings. The highest BCUT2D eigenvalue weighted by atomic mass is 16.6. The van der Waals surface area contributed by atoms with E-state index in [-0.39, 0.29) is 74.0 Å². The average molecular weight is 1630 g/mol. The predicted octanol–water partition coefficient (Wildman–Crippen LogP) is 27.6. The van der Waals surface area contributed by atoms with Crippen molar-refractivity contribution in [3.05, 3.63) is 147 Å². The molecule has 1 aromatic carbocycles. The van der Waals surface area contributed by atoms with Gasteiger partial charge in [-0.1, -0.05) is 198 Å². The van der Waals surface area contributed by atoms with Gasteiger partial charge in [-0.2, -0.15) is 0 Å². The van der Waals surface area contributed by atoms with Gasteiger partial charge >= 0.3 is 29.8 Å². The highest BCUT2D eigenvalue weighted by Gasteiger charge is 2.30. The summed E-state index contributed by atoms with van der Waals surface area (Å²) in [6, 6.07) is 9.68. The first kappa shape index (κ1) is 129. The number of hydrogen-bond acceptors (Lipinski definition) is 17.